The van der Waals surface area contributed by atoms with Crippen LogP contribution in [-0.4, -0.2) is 29.8 Å². The van der Waals surface area contributed by atoms with Crippen molar-refractivity contribution < 1.29 is 9.53 Å². The summed E-state index contributed by atoms with van der Waals surface area (Å²) in [6.45, 7) is 10.4. The zero-order valence-corrected chi connectivity index (χ0v) is 14.3. The van der Waals surface area contributed by atoms with Crippen molar-refractivity contribution in [3.05, 3.63) is 0 Å². The highest BCUT2D eigenvalue weighted by Gasteiger charge is 2.38. The molecule has 0 bridgehead atoms. The maximum Gasteiger partial charge on any atom is 0.407 e. The normalized spacial score (nSPS) is 32.1. The molecule has 21 heavy (non-hydrogen) atoms. The first-order valence-corrected chi connectivity index (χ1v) is 8.43. The smallest absolute Gasteiger partial charge is 0.407 e. The molecule has 2 aliphatic carbocycles. The van der Waals surface area contributed by atoms with E-state index < -0.39 is 5.60 Å². The summed E-state index contributed by atoms with van der Waals surface area (Å²) in [5, 5.41) is 6.88. The highest BCUT2D eigenvalue weighted by molar-refractivity contribution is 5.68. The number of amides is 1. The minimum absolute atomic E-state index is 0.205. The second kappa shape index (κ2) is 6.15. The van der Waals surface area contributed by atoms with Crippen molar-refractivity contribution in [2.24, 2.45) is 5.41 Å². The zero-order valence-electron chi connectivity index (χ0n) is 14.3. The molecule has 2 fully saturated rings. The van der Waals surface area contributed by atoms with Gasteiger partial charge in [-0.2, -0.15) is 0 Å². The van der Waals surface area contributed by atoms with Crippen LogP contribution in [0.4, 0.5) is 4.79 Å². The van der Waals surface area contributed by atoms with Gasteiger partial charge in [0, 0.05) is 18.1 Å². The Hall–Kier alpha value is -0.770. The van der Waals surface area contributed by atoms with Crippen molar-refractivity contribution in [3.8, 4) is 0 Å². The summed E-state index contributed by atoms with van der Waals surface area (Å²) in [6, 6.07) is 1.17. The Morgan fingerprint density at radius 2 is 1.76 bits per heavy atom. The van der Waals surface area contributed by atoms with Gasteiger partial charge >= 0.3 is 6.09 Å². The van der Waals surface area contributed by atoms with E-state index in [2.05, 4.69) is 24.5 Å². The predicted octanol–water partition coefficient (Wildman–Crippen LogP) is 3.60. The molecule has 2 rings (SSSR count). The molecule has 2 N–H and O–H groups in total. The summed E-state index contributed by atoms with van der Waals surface area (Å²) in [4.78, 5) is 12.0. The van der Waals surface area contributed by atoms with Crippen molar-refractivity contribution >= 4 is 6.09 Å². The van der Waals surface area contributed by atoms with E-state index in [9.17, 15) is 4.79 Å². The summed E-state index contributed by atoms with van der Waals surface area (Å²) < 4.78 is 5.38. The van der Waals surface area contributed by atoms with Gasteiger partial charge in [-0.15, -0.1) is 0 Å². The Labute approximate surface area is 129 Å². The van der Waals surface area contributed by atoms with Crippen molar-refractivity contribution in [1.82, 2.24) is 10.6 Å². The molecule has 0 saturated heterocycles. The van der Waals surface area contributed by atoms with Gasteiger partial charge in [0.25, 0.3) is 0 Å². The average Bonchev–Trinajstić information content (AvgIpc) is 2.85. The molecule has 0 heterocycles. The molecule has 122 valence electrons. The lowest BCUT2D eigenvalue weighted by atomic mass is 9.86. The standard InChI is InChI=1S/C17H32N2O2/c1-16(2,3)21-15(20)19-13-9-6-8-12(13)18-14-10-7-11-17(14,4)5/h12-14,18H,6-11H2,1-5H3,(H,19,20). The van der Waals surface area contributed by atoms with E-state index in [1.54, 1.807) is 0 Å². The van der Waals surface area contributed by atoms with Crippen LogP contribution in [0.15, 0.2) is 0 Å². The van der Waals surface area contributed by atoms with E-state index in [0.717, 1.165) is 12.8 Å². The number of carbonyl (C=O) groups is 1. The Bertz CT molecular complexity index is 373. The first-order valence-electron chi connectivity index (χ1n) is 8.43. The second-order valence-corrected chi connectivity index (χ2v) is 8.39. The molecule has 4 nitrogen and oxygen atoms in total. The predicted molar refractivity (Wildman–Crippen MR) is 85.4 cm³/mol. The van der Waals surface area contributed by atoms with E-state index in [-0.39, 0.29) is 12.1 Å². The molecule has 0 aliphatic heterocycles. The third-order valence-electron chi connectivity index (χ3n) is 4.89. The molecule has 4 heteroatoms. The fraction of sp³-hybridized carbons (Fsp3) is 0.941. The van der Waals surface area contributed by atoms with E-state index in [1.807, 2.05) is 20.8 Å². The maximum atomic E-state index is 12.0. The minimum atomic E-state index is -0.431. The van der Waals surface area contributed by atoms with E-state index in [4.69, 9.17) is 4.74 Å². The Kier molecular flexibility index (Phi) is 4.86. The number of nitrogens with one attached hydrogen (secondary N) is 2. The fourth-order valence-corrected chi connectivity index (χ4v) is 3.69. The first-order chi connectivity index (χ1) is 9.67. The number of hydrogen-bond donors (Lipinski definition) is 2. The minimum Gasteiger partial charge on any atom is -0.444 e. The maximum absolute atomic E-state index is 12.0. The molecule has 0 aromatic carbocycles. The van der Waals surface area contributed by atoms with Gasteiger partial charge in [0.2, 0.25) is 0 Å². The van der Waals surface area contributed by atoms with Crippen LogP contribution in [0.5, 0.6) is 0 Å². The largest absolute Gasteiger partial charge is 0.444 e. The monoisotopic (exact) mass is 296 g/mol. The lowest BCUT2D eigenvalue weighted by Crippen LogP contribution is -2.52. The van der Waals surface area contributed by atoms with Crippen molar-refractivity contribution in [2.45, 2.75) is 96.9 Å². The van der Waals surface area contributed by atoms with E-state index in [0.29, 0.717) is 17.5 Å². The Morgan fingerprint density at radius 1 is 1.10 bits per heavy atom. The van der Waals surface area contributed by atoms with Gasteiger partial charge in [-0.25, -0.2) is 4.79 Å². The van der Waals surface area contributed by atoms with Crippen molar-refractivity contribution in [1.29, 1.82) is 0 Å². The summed E-state index contributed by atoms with van der Waals surface area (Å²) in [5.41, 5.74) is -0.0574. The number of carbonyl (C=O) groups excluding carboxylic acids is 1. The molecule has 0 aromatic rings. The van der Waals surface area contributed by atoms with Crippen LogP contribution in [0.2, 0.25) is 0 Å². The van der Waals surface area contributed by atoms with Gasteiger partial charge in [-0.05, 0) is 58.3 Å². The third kappa shape index (κ3) is 4.60. The van der Waals surface area contributed by atoms with Gasteiger partial charge < -0.3 is 15.4 Å². The molecule has 3 unspecified atom stereocenters. The molecule has 0 spiro atoms. The van der Waals surface area contributed by atoms with Gasteiger partial charge in [0.1, 0.15) is 5.60 Å². The lowest BCUT2D eigenvalue weighted by molar-refractivity contribution is 0.0495. The Morgan fingerprint density at radius 3 is 2.33 bits per heavy atom. The van der Waals surface area contributed by atoms with Crippen LogP contribution in [-0.2, 0) is 4.74 Å². The number of hydrogen-bond acceptors (Lipinski definition) is 3. The number of rotatable bonds is 3. The van der Waals surface area contributed by atoms with Crippen LogP contribution in [0.1, 0.15) is 73.1 Å². The molecule has 2 saturated carbocycles. The van der Waals surface area contributed by atoms with Crippen molar-refractivity contribution in [2.75, 3.05) is 0 Å². The summed E-state index contributed by atoms with van der Waals surface area (Å²) in [6.07, 6.45) is 6.93. The molecule has 0 radical (unpaired) electrons. The van der Waals surface area contributed by atoms with Crippen LogP contribution in [0.3, 0.4) is 0 Å². The first kappa shape index (κ1) is 16.6. The summed E-state index contributed by atoms with van der Waals surface area (Å²) >= 11 is 0. The molecule has 0 aromatic heterocycles. The highest BCUT2D eigenvalue weighted by Crippen LogP contribution is 2.38. The molecule has 2 aliphatic rings. The molecular formula is C17H32N2O2. The topological polar surface area (TPSA) is 50.4 Å². The molecule has 1 amide bonds. The van der Waals surface area contributed by atoms with Gasteiger partial charge in [-0.1, -0.05) is 20.3 Å². The summed E-state index contributed by atoms with van der Waals surface area (Å²) in [7, 11) is 0. The van der Waals surface area contributed by atoms with Crippen LogP contribution in [0, 0.1) is 5.41 Å². The van der Waals surface area contributed by atoms with E-state index in [1.165, 1.54) is 25.7 Å². The summed E-state index contributed by atoms with van der Waals surface area (Å²) in [5.74, 6) is 0. The SMILES string of the molecule is CC(C)(C)OC(=O)NC1CCCC1NC1CCCC1(C)C. The fourth-order valence-electron chi connectivity index (χ4n) is 3.69. The highest BCUT2D eigenvalue weighted by atomic mass is 16.6. The number of ether oxygens (including phenoxy) is 1. The zero-order chi connectivity index (χ0) is 15.7. The Balaban J connectivity index is 1.87. The average molecular weight is 296 g/mol. The van der Waals surface area contributed by atoms with Crippen LogP contribution < -0.4 is 10.6 Å². The van der Waals surface area contributed by atoms with Gasteiger partial charge in [-0.3, -0.25) is 0 Å². The lowest BCUT2D eigenvalue weighted by Gasteiger charge is -2.33. The molecular weight excluding hydrogens is 264 g/mol. The van der Waals surface area contributed by atoms with Gasteiger partial charge in [0.05, 0.1) is 0 Å². The third-order valence-corrected chi connectivity index (χ3v) is 4.89. The van der Waals surface area contributed by atoms with Crippen molar-refractivity contribution in [3.63, 3.8) is 0 Å². The van der Waals surface area contributed by atoms with Gasteiger partial charge in [0.15, 0.2) is 0 Å². The quantitative estimate of drug-likeness (QED) is 0.836. The second-order valence-electron chi connectivity index (χ2n) is 8.39. The van der Waals surface area contributed by atoms with Crippen LogP contribution >= 0.6 is 0 Å². The number of alkyl carbamates (subject to hydrolysis) is 1. The van der Waals surface area contributed by atoms with E-state index >= 15 is 0 Å². The van der Waals surface area contributed by atoms with Crippen LogP contribution in [0.25, 0.3) is 0 Å². The molecule has 3 atom stereocenters.